The Bertz CT molecular complexity index is 1560. The lowest BCUT2D eigenvalue weighted by Crippen LogP contribution is -2.15. The van der Waals surface area contributed by atoms with Gasteiger partial charge in [0.2, 0.25) is 21.2 Å². The summed E-state index contributed by atoms with van der Waals surface area (Å²) in [4.78, 5) is 12.6. The molecule has 0 fully saturated rings. The first kappa shape index (κ1) is 24.1. The van der Waals surface area contributed by atoms with Crippen molar-refractivity contribution in [2.75, 3.05) is 7.11 Å². The van der Waals surface area contributed by atoms with Crippen LogP contribution >= 0.6 is 0 Å². The lowest BCUT2D eigenvalue weighted by atomic mass is 10.2. The third-order valence-corrected chi connectivity index (χ3v) is 5.69. The summed E-state index contributed by atoms with van der Waals surface area (Å²) in [5.41, 5.74) is -1.51. The zero-order valence-corrected chi connectivity index (χ0v) is 18.6. The Labute approximate surface area is 196 Å². The second-order valence-corrected chi connectivity index (χ2v) is 8.65. The number of sulfonamides is 1. The van der Waals surface area contributed by atoms with Crippen LogP contribution in [0.15, 0.2) is 80.8 Å². The molecule has 0 bridgehead atoms. The van der Waals surface area contributed by atoms with E-state index in [1.54, 1.807) is 0 Å². The van der Waals surface area contributed by atoms with Gasteiger partial charge in [-0.25, -0.2) is 13.6 Å². The van der Waals surface area contributed by atoms with Crippen molar-refractivity contribution in [3.63, 3.8) is 0 Å². The van der Waals surface area contributed by atoms with Crippen LogP contribution in [0.3, 0.4) is 0 Å². The standard InChI is InChI=1S/C23H16F3NO7S/c1-31-13-6-8-14(9-7-13)33-21-20(28)16-11-10-15(12-18(16)34-22(21)23(24,25)26)32-17-4-2-3-5-19(17)35(27,29)30/h2-12H,1H3,(H2,27,29,30). The highest BCUT2D eigenvalue weighted by molar-refractivity contribution is 7.89. The zero-order chi connectivity index (χ0) is 25.4. The minimum Gasteiger partial charge on any atom is -0.497 e. The van der Waals surface area contributed by atoms with Gasteiger partial charge in [0.25, 0.3) is 5.76 Å². The number of primary sulfonamides is 1. The van der Waals surface area contributed by atoms with Crippen molar-refractivity contribution < 1.29 is 40.2 Å². The Morgan fingerprint density at radius 2 is 1.51 bits per heavy atom. The molecule has 0 radical (unpaired) electrons. The molecule has 8 nitrogen and oxygen atoms in total. The number of benzene rings is 3. The first-order valence-corrected chi connectivity index (χ1v) is 11.3. The van der Waals surface area contributed by atoms with Gasteiger partial charge in [-0.2, -0.15) is 13.2 Å². The number of halogens is 3. The number of rotatable bonds is 6. The van der Waals surface area contributed by atoms with Crippen molar-refractivity contribution in [3.8, 4) is 28.7 Å². The molecule has 0 spiro atoms. The molecule has 0 atom stereocenters. The molecule has 0 unspecified atom stereocenters. The fraction of sp³-hybridized carbons (Fsp3) is 0.0870. The van der Waals surface area contributed by atoms with E-state index in [0.717, 1.165) is 6.07 Å². The molecule has 2 N–H and O–H groups in total. The fourth-order valence-electron chi connectivity index (χ4n) is 3.16. The first-order valence-electron chi connectivity index (χ1n) is 9.77. The molecule has 12 heteroatoms. The van der Waals surface area contributed by atoms with E-state index in [2.05, 4.69) is 0 Å². The predicted octanol–water partition coefficient (Wildman–Crippen LogP) is 5.05. The average Bonchev–Trinajstić information content (AvgIpc) is 2.80. The zero-order valence-electron chi connectivity index (χ0n) is 17.8. The van der Waals surface area contributed by atoms with Gasteiger partial charge in [-0.15, -0.1) is 0 Å². The third-order valence-electron chi connectivity index (χ3n) is 4.74. The van der Waals surface area contributed by atoms with E-state index in [1.807, 2.05) is 0 Å². The van der Waals surface area contributed by atoms with Gasteiger partial charge in [0.05, 0.1) is 12.5 Å². The number of nitrogens with two attached hydrogens (primary N) is 1. The van der Waals surface area contributed by atoms with E-state index in [0.29, 0.717) is 5.75 Å². The summed E-state index contributed by atoms with van der Waals surface area (Å²) in [6.07, 6.45) is -5.06. The molecular weight excluding hydrogens is 491 g/mol. The first-order chi connectivity index (χ1) is 16.5. The van der Waals surface area contributed by atoms with E-state index >= 15 is 0 Å². The molecule has 4 rings (SSSR count). The van der Waals surface area contributed by atoms with Gasteiger partial charge >= 0.3 is 6.18 Å². The molecule has 1 heterocycles. The Hall–Kier alpha value is -4.03. The maximum Gasteiger partial charge on any atom is 0.453 e. The number of hydrogen-bond donors (Lipinski definition) is 1. The van der Waals surface area contributed by atoms with Crippen molar-refractivity contribution in [1.29, 1.82) is 0 Å². The highest BCUT2D eigenvalue weighted by Gasteiger charge is 2.40. The molecule has 0 amide bonds. The van der Waals surface area contributed by atoms with Crippen LogP contribution in [0.4, 0.5) is 13.2 Å². The summed E-state index contributed by atoms with van der Waals surface area (Å²) in [6.45, 7) is 0. The number of para-hydroxylation sites is 1. The van der Waals surface area contributed by atoms with Crippen molar-refractivity contribution in [2.45, 2.75) is 11.1 Å². The van der Waals surface area contributed by atoms with Crippen molar-refractivity contribution >= 4 is 21.0 Å². The number of alkyl halides is 3. The summed E-state index contributed by atoms with van der Waals surface area (Å²) in [7, 11) is -2.72. The molecule has 182 valence electrons. The Morgan fingerprint density at radius 1 is 0.886 bits per heavy atom. The highest BCUT2D eigenvalue weighted by atomic mass is 32.2. The smallest absolute Gasteiger partial charge is 0.453 e. The molecule has 4 aromatic rings. The van der Waals surface area contributed by atoms with Crippen LogP contribution in [0, 0.1) is 0 Å². The largest absolute Gasteiger partial charge is 0.497 e. The highest BCUT2D eigenvalue weighted by Crippen LogP contribution is 2.39. The lowest BCUT2D eigenvalue weighted by Gasteiger charge is -2.14. The number of fused-ring (bicyclic) bond motifs is 1. The van der Waals surface area contributed by atoms with Gasteiger partial charge in [-0.05, 0) is 48.5 Å². The summed E-state index contributed by atoms with van der Waals surface area (Å²) < 4.78 is 85.6. The predicted molar refractivity (Wildman–Crippen MR) is 118 cm³/mol. The summed E-state index contributed by atoms with van der Waals surface area (Å²) in [5.74, 6) is -2.53. The minimum atomic E-state index is -5.06. The van der Waals surface area contributed by atoms with Gasteiger partial charge in [-0.3, -0.25) is 4.79 Å². The Balaban J connectivity index is 1.80. The van der Waals surface area contributed by atoms with Gasteiger partial charge in [0.15, 0.2) is 0 Å². The third kappa shape index (κ3) is 5.08. The molecule has 3 aromatic carbocycles. The minimum absolute atomic E-state index is 0.0393. The van der Waals surface area contributed by atoms with E-state index in [1.165, 1.54) is 67.8 Å². The van der Waals surface area contributed by atoms with E-state index < -0.39 is 38.7 Å². The molecule has 0 aliphatic rings. The molecule has 0 aliphatic carbocycles. The quantitative estimate of drug-likeness (QED) is 0.388. The van der Waals surface area contributed by atoms with Crippen molar-refractivity contribution in [2.24, 2.45) is 5.14 Å². The number of ether oxygens (including phenoxy) is 3. The Kier molecular flexibility index (Phi) is 6.17. The van der Waals surface area contributed by atoms with E-state index in [4.69, 9.17) is 23.8 Å². The van der Waals surface area contributed by atoms with Crippen LogP contribution in [-0.4, -0.2) is 15.5 Å². The Morgan fingerprint density at radius 3 is 2.14 bits per heavy atom. The van der Waals surface area contributed by atoms with Crippen LogP contribution < -0.4 is 24.8 Å². The fourth-order valence-corrected chi connectivity index (χ4v) is 3.82. The molecule has 1 aromatic heterocycles. The molecule has 35 heavy (non-hydrogen) atoms. The van der Waals surface area contributed by atoms with Gasteiger partial charge in [0.1, 0.15) is 33.5 Å². The van der Waals surface area contributed by atoms with Crippen LogP contribution in [0.1, 0.15) is 5.76 Å². The van der Waals surface area contributed by atoms with Crippen LogP contribution in [-0.2, 0) is 16.2 Å². The van der Waals surface area contributed by atoms with Gasteiger partial charge in [-0.1, -0.05) is 12.1 Å². The van der Waals surface area contributed by atoms with E-state index in [9.17, 15) is 26.4 Å². The monoisotopic (exact) mass is 507 g/mol. The second kappa shape index (κ2) is 8.96. The lowest BCUT2D eigenvalue weighted by molar-refractivity contribution is -0.154. The molecule has 0 saturated carbocycles. The molecule has 0 aliphatic heterocycles. The van der Waals surface area contributed by atoms with Gasteiger partial charge < -0.3 is 18.6 Å². The van der Waals surface area contributed by atoms with Crippen molar-refractivity contribution in [1.82, 2.24) is 0 Å². The van der Waals surface area contributed by atoms with Crippen LogP contribution in [0.25, 0.3) is 11.0 Å². The molecular formula is C23H16F3NO7S. The van der Waals surface area contributed by atoms with E-state index in [-0.39, 0.29) is 27.5 Å². The summed E-state index contributed by atoms with van der Waals surface area (Å²) in [6, 6.07) is 14.5. The average molecular weight is 507 g/mol. The second-order valence-electron chi connectivity index (χ2n) is 7.12. The summed E-state index contributed by atoms with van der Waals surface area (Å²) >= 11 is 0. The maximum atomic E-state index is 13.8. The molecule has 0 saturated heterocycles. The van der Waals surface area contributed by atoms with Gasteiger partial charge in [0, 0.05) is 6.07 Å². The van der Waals surface area contributed by atoms with Crippen LogP contribution in [0.5, 0.6) is 28.7 Å². The van der Waals surface area contributed by atoms with Crippen molar-refractivity contribution in [3.05, 3.63) is 82.7 Å². The number of hydrogen-bond acceptors (Lipinski definition) is 7. The summed E-state index contributed by atoms with van der Waals surface area (Å²) in [5, 5.41) is 4.96. The number of methoxy groups -OCH3 is 1. The topological polar surface area (TPSA) is 118 Å². The van der Waals surface area contributed by atoms with Crippen LogP contribution in [0.2, 0.25) is 0 Å². The SMILES string of the molecule is COc1ccc(Oc2c(C(F)(F)F)oc3cc(Oc4ccccc4S(N)(=O)=O)ccc3c2=O)cc1. The normalized spacial score (nSPS) is 11.9. The maximum absolute atomic E-state index is 13.8.